The number of carboxylic acids is 1. The summed E-state index contributed by atoms with van der Waals surface area (Å²) in [6, 6.07) is 16.3. The van der Waals surface area contributed by atoms with Gasteiger partial charge in [-0.3, -0.25) is 0 Å². The lowest BCUT2D eigenvalue weighted by molar-refractivity contribution is -0.132. The molecule has 0 unspecified atom stereocenters. The summed E-state index contributed by atoms with van der Waals surface area (Å²) >= 11 is 5.88. The number of carbonyl (C=O) groups is 1. The molecule has 0 atom stereocenters. The molecule has 4 N–H and O–H groups in total. The molecule has 0 saturated heterocycles. The highest BCUT2D eigenvalue weighted by molar-refractivity contribution is 6.30. The Kier molecular flexibility index (Phi) is 4.98. The minimum atomic E-state index is -1.05. The van der Waals surface area contributed by atoms with Gasteiger partial charge in [0, 0.05) is 17.3 Å². The molecule has 21 heavy (non-hydrogen) atoms. The molecule has 0 heterocycles. The van der Waals surface area contributed by atoms with Crippen molar-refractivity contribution >= 4 is 29.0 Å². The molecule has 0 aliphatic carbocycles. The Morgan fingerprint density at radius 3 is 2.24 bits per heavy atom. The highest BCUT2D eigenvalue weighted by atomic mass is 35.5. The van der Waals surface area contributed by atoms with Crippen LogP contribution in [0.1, 0.15) is 5.56 Å². The van der Waals surface area contributed by atoms with Crippen LogP contribution in [0.2, 0.25) is 5.02 Å². The Labute approximate surface area is 127 Å². The van der Waals surface area contributed by atoms with Crippen LogP contribution < -0.4 is 11.1 Å². The van der Waals surface area contributed by atoms with Crippen molar-refractivity contribution in [1.29, 1.82) is 0 Å². The van der Waals surface area contributed by atoms with Crippen LogP contribution in [0.3, 0.4) is 0 Å². The van der Waals surface area contributed by atoms with Gasteiger partial charge >= 0.3 is 5.97 Å². The third-order valence-corrected chi connectivity index (χ3v) is 3.19. The Morgan fingerprint density at radius 2 is 1.71 bits per heavy atom. The molecule has 0 fully saturated rings. The minimum absolute atomic E-state index is 0.0763. The van der Waals surface area contributed by atoms with E-state index in [9.17, 15) is 9.90 Å². The third-order valence-electron chi connectivity index (χ3n) is 2.94. The molecular formula is C16H15ClN2O2. The highest BCUT2D eigenvalue weighted by Crippen LogP contribution is 2.23. The van der Waals surface area contributed by atoms with Crippen molar-refractivity contribution in [2.24, 2.45) is 5.73 Å². The van der Waals surface area contributed by atoms with E-state index in [1.165, 1.54) is 0 Å². The number of hydrogen-bond acceptors (Lipinski definition) is 3. The van der Waals surface area contributed by atoms with Crippen LogP contribution >= 0.6 is 11.6 Å². The van der Waals surface area contributed by atoms with Crippen LogP contribution in [0.4, 0.5) is 5.69 Å². The molecule has 0 amide bonds. The first-order valence-corrected chi connectivity index (χ1v) is 6.74. The molecule has 0 saturated carbocycles. The predicted octanol–water partition coefficient (Wildman–Crippen LogP) is 3.21. The molecule has 0 spiro atoms. The van der Waals surface area contributed by atoms with Gasteiger partial charge in [0.05, 0.1) is 11.3 Å². The van der Waals surface area contributed by atoms with Gasteiger partial charge in [-0.2, -0.15) is 0 Å². The molecular weight excluding hydrogens is 288 g/mol. The fraction of sp³-hybridized carbons (Fsp3) is 0.0625. The van der Waals surface area contributed by atoms with E-state index in [1.807, 2.05) is 30.3 Å². The molecule has 4 nitrogen and oxygen atoms in total. The number of nitrogens with one attached hydrogen (secondary N) is 1. The van der Waals surface area contributed by atoms with E-state index < -0.39 is 5.97 Å². The van der Waals surface area contributed by atoms with Crippen molar-refractivity contribution in [3.05, 3.63) is 70.8 Å². The normalized spacial score (nSPS) is 11.7. The van der Waals surface area contributed by atoms with Crippen LogP contribution in [-0.4, -0.2) is 17.6 Å². The van der Waals surface area contributed by atoms with Crippen LogP contribution in [-0.2, 0) is 4.79 Å². The summed E-state index contributed by atoms with van der Waals surface area (Å²) in [7, 11) is 0. The number of para-hydroxylation sites is 1. The monoisotopic (exact) mass is 302 g/mol. The molecule has 5 heteroatoms. The van der Waals surface area contributed by atoms with Gasteiger partial charge in [0.15, 0.2) is 0 Å². The number of halogens is 1. The van der Waals surface area contributed by atoms with E-state index in [2.05, 4.69) is 5.32 Å². The highest BCUT2D eigenvalue weighted by Gasteiger charge is 2.15. The summed E-state index contributed by atoms with van der Waals surface area (Å²) in [5, 5.41) is 13.0. The number of benzene rings is 2. The van der Waals surface area contributed by atoms with Crippen molar-refractivity contribution in [1.82, 2.24) is 0 Å². The van der Waals surface area contributed by atoms with E-state index in [0.29, 0.717) is 16.3 Å². The van der Waals surface area contributed by atoms with Crippen molar-refractivity contribution < 1.29 is 9.90 Å². The first-order valence-electron chi connectivity index (χ1n) is 6.36. The summed E-state index contributed by atoms with van der Waals surface area (Å²) in [4.78, 5) is 11.4. The molecule has 2 aromatic rings. The Morgan fingerprint density at radius 1 is 1.10 bits per heavy atom. The standard InChI is InChI=1S/C16H15ClN2O2/c17-12-8-6-11(7-9-12)15(14(10-18)16(20)21)19-13-4-2-1-3-5-13/h1-9,19H,10,18H2,(H,20,21)/b15-14+. The van der Waals surface area contributed by atoms with Gasteiger partial charge in [0.2, 0.25) is 0 Å². The number of hydrogen-bond donors (Lipinski definition) is 3. The van der Waals surface area contributed by atoms with Crippen molar-refractivity contribution in [3.8, 4) is 0 Å². The van der Waals surface area contributed by atoms with Crippen molar-refractivity contribution in [3.63, 3.8) is 0 Å². The van der Waals surface area contributed by atoms with Crippen LogP contribution in [0.5, 0.6) is 0 Å². The number of carboxylic acid groups (broad SMARTS) is 1. The summed E-state index contributed by atoms with van der Waals surface area (Å²) in [6.45, 7) is -0.0763. The van der Waals surface area contributed by atoms with E-state index in [1.54, 1.807) is 24.3 Å². The molecule has 0 aliphatic rings. The largest absolute Gasteiger partial charge is 0.478 e. The maximum absolute atomic E-state index is 11.4. The number of aliphatic carboxylic acids is 1. The second-order valence-electron chi connectivity index (χ2n) is 4.36. The molecule has 2 aromatic carbocycles. The maximum atomic E-state index is 11.4. The van der Waals surface area contributed by atoms with Gasteiger partial charge in [-0.15, -0.1) is 0 Å². The quantitative estimate of drug-likeness (QED) is 0.741. The number of rotatable bonds is 5. The number of nitrogens with two attached hydrogens (primary N) is 1. The topological polar surface area (TPSA) is 75.4 Å². The van der Waals surface area contributed by atoms with Gasteiger partial charge in [-0.25, -0.2) is 4.79 Å². The van der Waals surface area contributed by atoms with Gasteiger partial charge in [-0.1, -0.05) is 41.9 Å². The summed E-state index contributed by atoms with van der Waals surface area (Å²) in [5.74, 6) is -1.05. The summed E-state index contributed by atoms with van der Waals surface area (Å²) in [6.07, 6.45) is 0. The second kappa shape index (κ2) is 6.92. The summed E-state index contributed by atoms with van der Waals surface area (Å²) in [5.41, 5.74) is 7.67. The fourth-order valence-electron chi connectivity index (χ4n) is 1.90. The van der Waals surface area contributed by atoms with Crippen molar-refractivity contribution in [2.75, 3.05) is 11.9 Å². The van der Waals surface area contributed by atoms with E-state index in [0.717, 1.165) is 5.69 Å². The zero-order chi connectivity index (χ0) is 15.2. The van der Waals surface area contributed by atoms with Crippen LogP contribution in [0.25, 0.3) is 5.70 Å². The minimum Gasteiger partial charge on any atom is -0.478 e. The average molecular weight is 303 g/mol. The molecule has 108 valence electrons. The van der Waals surface area contributed by atoms with Crippen molar-refractivity contribution in [2.45, 2.75) is 0 Å². The Balaban J connectivity index is 2.49. The lowest BCUT2D eigenvalue weighted by Crippen LogP contribution is -2.17. The molecule has 0 aliphatic heterocycles. The lowest BCUT2D eigenvalue weighted by Gasteiger charge is -2.15. The maximum Gasteiger partial charge on any atom is 0.335 e. The van der Waals surface area contributed by atoms with Gasteiger partial charge < -0.3 is 16.2 Å². The van der Waals surface area contributed by atoms with Crippen LogP contribution in [0.15, 0.2) is 60.2 Å². The zero-order valence-corrected chi connectivity index (χ0v) is 12.0. The van der Waals surface area contributed by atoms with E-state index >= 15 is 0 Å². The van der Waals surface area contributed by atoms with E-state index in [-0.39, 0.29) is 12.1 Å². The first kappa shape index (κ1) is 15.1. The SMILES string of the molecule is NC/C(C(=O)O)=C(\Nc1ccccc1)c1ccc(Cl)cc1. The molecule has 0 radical (unpaired) electrons. The van der Waals surface area contributed by atoms with Gasteiger partial charge in [0.25, 0.3) is 0 Å². The van der Waals surface area contributed by atoms with Gasteiger partial charge in [-0.05, 0) is 29.8 Å². The Bertz CT molecular complexity index is 652. The third kappa shape index (κ3) is 3.84. The first-order chi connectivity index (χ1) is 10.1. The predicted molar refractivity (Wildman–Crippen MR) is 85.1 cm³/mol. The second-order valence-corrected chi connectivity index (χ2v) is 4.80. The molecule has 2 rings (SSSR count). The molecule has 0 bridgehead atoms. The summed E-state index contributed by atoms with van der Waals surface area (Å²) < 4.78 is 0. The smallest absolute Gasteiger partial charge is 0.335 e. The van der Waals surface area contributed by atoms with E-state index in [4.69, 9.17) is 17.3 Å². The van der Waals surface area contributed by atoms with Crippen LogP contribution in [0, 0.1) is 0 Å². The lowest BCUT2D eigenvalue weighted by atomic mass is 10.1. The fourth-order valence-corrected chi connectivity index (χ4v) is 2.03. The molecule has 0 aromatic heterocycles. The number of anilines is 1. The Hall–Kier alpha value is -2.30. The van der Waals surface area contributed by atoms with Gasteiger partial charge in [0.1, 0.15) is 0 Å². The average Bonchev–Trinajstić information content (AvgIpc) is 2.48. The zero-order valence-electron chi connectivity index (χ0n) is 11.2.